The molecule has 1 aromatic rings. The molecule has 0 radical (unpaired) electrons. The number of benzene rings is 1. The lowest BCUT2D eigenvalue weighted by molar-refractivity contribution is -0.456. The number of nitrogens with two attached hydrogens (primary N) is 1. The highest BCUT2D eigenvalue weighted by Crippen LogP contribution is 2.20. The van der Waals surface area contributed by atoms with E-state index in [1.165, 1.54) is 17.2 Å². The predicted octanol–water partition coefficient (Wildman–Crippen LogP) is -0.540. The van der Waals surface area contributed by atoms with Crippen molar-refractivity contribution in [3.63, 3.8) is 0 Å². The van der Waals surface area contributed by atoms with Crippen molar-refractivity contribution < 1.29 is 13.5 Å². The molecule has 2 rings (SSSR count). The molecular weight excluding hydrogens is 282 g/mol. The van der Waals surface area contributed by atoms with Crippen molar-refractivity contribution in [2.45, 2.75) is 5.25 Å². The Bertz CT molecular complexity index is 622. The van der Waals surface area contributed by atoms with Crippen molar-refractivity contribution in [3.8, 4) is 0 Å². The number of nitrogens with zero attached hydrogens (tertiary/aromatic N) is 1. The number of sulfone groups is 1. The maximum Gasteiger partial charge on any atom is 0.226 e. The highest BCUT2D eigenvalue weighted by atomic mass is 32.2. The van der Waals surface area contributed by atoms with Gasteiger partial charge in [0, 0.05) is 21.3 Å². The number of thioether (sulfide) groups is 1. The lowest BCUT2D eigenvalue weighted by Crippen LogP contribution is -2.62. The molecule has 1 unspecified atom stereocenters. The molecule has 19 heavy (non-hydrogen) atoms. The molecule has 0 saturated heterocycles. The van der Waals surface area contributed by atoms with Crippen molar-refractivity contribution >= 4 is 33.0 Å². The molecule has 0 spiro atoms. The Kier molecular flexibility index (Phi) is 4.39. The molecule has 0 aliphatic carbocycles. The fourth-order valence-corrected chi connectivity index (χ4v) is 4.14. The molecule has 0 saturated carbocycles. The van der Waals surface area contributed by atoms with Crippen molar-refractivity contribution in [1.29, 1.82) is 0 Å². The van der Waals surface area contributed by atoms with Gasteiger partial charge < -0.3 is 5.73 Å². The lowest BCUT2D eigenvalue weighted by atomic mass is 10.2. The normalized spacial score (nSPS) is 22.1. The van der Waals surface area contributed by atoms with Gasteiger partial charge in [-0.25, -0.2) is 8.42 Å². The zero-order valence-electron chi connectivity index (χ0n) is 10.1. The van der Waals surface area contributed by atoms with E-state index in [-0.39, 0.29) is 11.0 Å². The summed E-state index contributed by atoms with van der Waals surface area (Å²) in [6.45, 7) is 0. The quantitative estimate of drug-likeness (QED) is 0.445. The van der Waals surface area contributed by atoms with E-state index in [1.54, 1.807) is 12.3 Å². The van der Waals surface area contributed by atoms with Crippen LogP contribution in [0.25, 0.3) is 0 Å². The van der Waals surface area contributed by atoms with Gasteiger partial charge in [0.1, 0.15) is 0 Å². The van der Waals surface area contributed by atoms with Crippen LogP contribution < -0.4 is 10.8 Å². The first-order chi connectivity index (χ1) is 9.05. The Morgan fingerprint density at radius 3 is 2.79 bits per heavy atom. The highest BCUT2D eigenvalue weighted by molar-refractivity contribution is 8.15. The summed E-state index contributed by atoms with van der Waals surface area (Å²) in [4.78, 5) is 0. The molecule has 1 aliphatic rings. The molecule has 1 aliphatic heterocycles. The van der Waals surface area contributed by atoms with Crippen molar-refractivity contribution in [3.05, 3.63) is 47.4 Å². The van der Waals surface area contributed by atoms with Crippen LogP contribution in [0.4, 0.5) is 0 Å². The summed E-state index contributed by atoms with van der Waals surface area (Å²) in [7, 11) is -3.04. The van der Waals surface area contributed by atoms with Crippen molar-refractivity contribution in [2.24, 2.45) is 10.8 Å². The van der Waals surface area contributed by atoms with Gasteiger partial charge in [-0.3, -0.25) is 0 Å². The standard InChI is InChI=1S/C12H13N3O2S2/c13-12(18-11-6-7-19(16,17)9-11)15-14-8-10-4-2-1-3-5-10/h1-8,11H,9H2,(H2,13,15)/p+1/b14-8+. The van der Waals surface area contributed by atoms with Gasteiger partial charge in [0.15, 0.2) is 9.84 Å². The lowest BCUT2D eigenvalue weighted by Gasteiger charge is -2.01. The molecule has 1 aromatic carbocycles. The van der Waals surface area contributed by atoms with Crippen molar-refractivity contribution in [1.82, 2.24) is 0 Å². The van der Waals surface area contributed by atoms with E-state index in [4.69, 9.17) is 5.73 Å². The summed E-state index contributed by atoms with van der Waals surface area (Å²) in [5, 5.41) is 8.06. The molecule has 7 heteroatoms. The van der Waals surface area contributed by atoms with Crippen LogP contribution >= 0.6 is 11.8 Å². The summed E-state index contributed by atoms with van der Waals surface area (Å²) < 4.78 is 22.4. The van der Waals surface area contributed by atoms with E-state index in [2.05, 4.69) is 10.2 Å². The van der Waals surface area contributed by atoms with Crippen LogP contribution in [0, 0.1) is 0 Å². The second kappa shape index (κ2) is 6.03. The number of amidine groups is 1. The smallest absolute Gasteiger partial charge is 0.226 e. The van der Waals surface area contributed by atoms with Crippen LogP contribution in [0.5, 0.6) is 0 Å². The molecular formula is C12H14N3O2S2+. The molecule has 5 nitrogen and oxygen atoms in total. The fraction of sp³-hybridized carbons (Fsp3) is 0.167. The molecule has 1 atom stereocenters. The van der Waals surface area contributed by atoms with E-state index in [0.717, 1.165) is 5.56 Å². The molecule has 0 amide bonds. The number of hydrogen-bond acceptors (Lipinski definition) is 4. The molecule has 0 aromatic heterocycles. The zero-order chi connectivity index (χ0) is 13.7. The van der Waals surface area contributed by atoms with Crippen molar-refractivity contribution in [2.75, 3.05) is 5.75 Å². The first-order valence-corrected chi connectivity index (χ1v) is 8.19. The first-order valence-electron chi connectivity index (χ1n) is 5.60. The van der Waals surface area contributed by atoms with Gasteiger partial charge in [-0.15, -0.1) is 5.10 Å². The Balaban J connectivity index is 1.90. The van der Waals surface area contributed by atoms with Crippen LogP contribution in [-0.4, -0.2) is 30.8 Å². The van der Waals surface area contributed by atoms with Crippen LogP contribution in [0.3, 0.4) is 0 Å². The average molecular weight is 296 g/mol. The SMILES string of the molecule is N/C(=N/[NH+]=C/c1ccccc1)SC1C=CS(=O)(=O)C1. The van der Waals surface area contributed by atoms with Gasteiger partial charge in [0.25, 0.3) is 0 Å². The summed E-state index contributed by atoms with van der Waals surface area (Å²) in [5.74, 6) is 0.0796. The topological polar surface area (TPSA) is 86.5 Å². The fourth-order valence-electron chi connectivity index (χ4n) is 1.52. The summed E-state index contributed by atoms with van der Waals surface area (Å²) in [5.41, 5.74) is 6.69. The molecule has 100 valence electrons. The Labute approximate surface area is 116 Å². The van der Waals surface area contributed by atoms with E-state index < -0.39 is 9.84 Å². The third-order valence-corrected chi connectivity index (χ3v) is 4.94. The molecule has 0 bridgehead atoms. The van der Waals surface area contributed by atoms with Crippen LogP contribution in [-0.2, 0) is 9.84 Å². The van der Waals surface area contributed by atoms with Gasteiger partial charge in [-0.1, -0.05) is 36.0 Å². The molecule has 0 fully saturated rings. The minimum atomic E-state index is -3.04. The Hall–Kier alpha value is -1.60. The van der Waals surface area contributed by atoms with Gasteiger partial charge in [0.2, 0.25) is 11.4 Å². The van der Waals surface area contributed by atoms with Gasteiger partial charge in [0.05, 0.1) is 5.75 Å². The van der Waals surface area contributed by atoms with Gasteiger partial charge >= 0.3 is 0 Å². The van der Waals surface area contributed by atoms with E-state index >= 15 is 0 Å². The van der Waals surface area contributed by atoms with Crippen LogP contribution in [0.2, 0.25) is 0 Å². The molecule has 1 heterocycles. The Morgan fingerprint density at radius 2 is 2.16 bits per heavy atom. The maximum atomic E-state index is 11.2. The third kappa shape index (κ3) is 4.53. The second-order valence-corrected chi connectivity index (χ2v) is 7.14. The maximum absolute atomic E-state index is 11.2. The van der Waals surface area contributed by atoms with E-state index in [0.29, 0.717) is 5.17 Å². The van der Waals surface area contributed by atoms with E-state index in [1.807, 2.05) is 30.3 Å². The number of hydrogen-bond donors (Lipinski definition) is 2. The van der Waals surface area contributed by atoms with Gasteiger partial charge in [-0.2, -0.15) is 0 Å². The van der Waals surface area contributed by atoms with Gasteiger partial charge in [-0.05, 0) is 12.1 Å². The first kappa shape index (κ1) is 13.8. The summed E-state index contributed by atoms with van der Waals surface area (Å²) >= 11 is 1.22. The number of nitrogens with one attached hydrogen (secondary N) is 1. The third-order valence-electron chi connectivity index (χ3n) is 2.37. The predicted molar refractivity (Wildman–Crippen MR) is 78.5 cm³/mol. The monoisotopic (exact) mass is 296 g/mol. The molecule has 3 N–H and O–H groups in total. The largest absolute Gasteiger partial charge is 0.373 e. The minimum Gasteiger partial charge on any atom is -0.373 e. The van der Waals surface area contributed by atoms with E-state index in [9.17, 15) is 8.42 Å². The second-order valence-electron chi connectivity index (χ2n) is 3.95. The zero-order valence-corrected chi connectivity index (χ0v) is 11.7. The summed E-state index contributed by atoms with van der Waals surface area (Å²) in [6, 6.07) is 9.63. The van der Waals surface area contributed by atoms with Crippen LogP contribution in [0.15, 0.2) is 46.9 Å². The number of hydrazone groups is 1. The average Bonchev–Trinajstić information content (AvgIpc) is 2.70. The minimum absolute atomic E-state index is 0.0796. The summed E-state index contributed by atoms with van der Waals surface area (Å²) in [6.07, 6.45) is 3.35. The number of rotatable bonds is 3. The highest BCUT2D eigenvalue weighted by Gasteiger charge is 2.23. The Morgan fingerprint density at radius 1 is 1.42 bits per heavy atom. The van der Waals surface area contributed by atoms with Crippen LogP contribution in [0.1, 0.15) is 5.56 Å².